The van der Waals surface area contributed by atoms with Crippen LogP contribution in [0.5, 0.6) is 0 Å². The fourth-order valence-corrected chi connectivity index (χ4v) is 34.6. The molecule has 0 amide bonds. The Bertz CT molecular complexity index is 1870. The summed E-state index contributed by atoms with van der Waals surface area (Å²) < 4.78 is 8.66. The summed E-state index contributed by atoms with van der Waals surface area (Å²) in [4.78, 5) is 0. The second-order valence-corrected chi connectivity index (χ2v) is 43.5. The molecule has 0 aliphatic heterocycles. The third kappa shape index (κ3) is 5.71. The van der Waals surface area contributed by atoms with Gasteiger partial charge < -0.3 is 0 Å². The third-order valence-corrected chi connectivity index (χ3v) is 40.3. The zero-order chi connectivity index (χ0) is 34.9. The van der Waals surface area contributed by atoms with Crippen molar-refractivity contribution in [3.05, 3.63) is 129 Å². The van der Waals surface area contributed by atoms with Gasteiger partial charge in [-0.15, -0.1) is 0 Å². The quantitative estimate of drug-likeness (QED) is 0.156. The van der Waals surface area contributed by atoms with Crippen LogP contribution in [0.4, 0.5) is 0 Å². The molecule has 0 aromatic heterocycles. The first-order valence-electron chi connectivity index (χ1n) is 19.2. The first-order valence-corrected chi connectivity index (χ1v) is 32.4. The molecule has 1 saturated carbocycles. The number of hydrogen-bond donors (Lipinski definition) is 0. The van der Waals surface area contributed by atoms with Crippen LogP contribution in [0, 0.1) is 0 Å². The van der Waals surface area contributed by atoms with Crippen LogP contribution in [-0.2, 0) is 18.0 Å². The molecule has 0 bridgehead atoms. The van der Waals surface area contributed by atoms with Crippen molar-refractivity contribution in [2.24, 2.45) is 0 Å². The van der Waals surface area contributed by atoms with E-state index in [1.165, 1.54) is 74.9 Å². The molecule has 2 atom stereocenters. The molecule has 0 N–H and O–H groups in total. The van der Waals surface area contributed by atoms with Gasteiger partial charge in [0.05, 0.1) is 0 Å². The summed E-state index contributed by atoms with van der Waals surface area (Å²) in [6.07, 6.45) is 14.4. The Balaban J connectivity index is 1.37. The van der Waals surface area contributed by atoms with Crippen LogP contribution < -0.4 is 0 Å². The predicted molar refractivity (Wildman–Crippen MR) is 214 cm³/mol. The van der Waals surface area contributed by atoms with Gasteiger partial charge in [-0.2, -0.15) is 0 Å². The molecule has 4 aromatic carbocycles. The molecule has 0 saturated heterocycles. The average molecular weight is 813 g/mol. The number of benzene rings is 4. The van der Waals surface area contributed by atoms with Crippen molar-refractivity contribution in [3.8, 4) is 22.3 Å². The Morgan fingerprint density at radius 3 is 1.18 bits per heavy atom. The van der Waals surface area contributed by atoms with E-state index in [0.29, 0.717) is 31.0 Å². The summed E-state index contributed by atoms with van der Waals surface area (Å²) in [6, 6.07) is 29.2. The molecule has 0 nitrogen and oxygen atoms in total. The van der Waals surface area contributed by atoms with Crippen LogP contribution in [0.2, 0.25) is 9.36 Å². The maximum absolute atomic E-state index is 3.94. The zero-order valence-corrected chi connectivity index (χ0v) is 35.4. The molecule has 0 radical (unpaired) electrons. The van der Waals surface area contributed by atoms with E-state index in [4.69, 9.17) is 0 Å². The van der Waals surface area contributed by atoms with Gasteiger partial charge in [-0.1, -0.05) is 0 Å². The minimum atomic E-state index is -3.94. The molecular weight excluding hydrogens is 755 g/mol. The van der Waals surface area contributed by atoms with E-state index in [1.807, 2.05) is 3.26 Å². The van der Waals surface area contributed by atoms with Crippen LogP contribution in [0.25, 0.3) is 34.4 Å². The van der Waals surface area contributed by atoms with Crippen molar-refractivity contribution in [1.82, 2.24) is 0 Å². The summed E-state index contributed by atoms with van der Waals surface area (Å²) in [5, 5.41) is 0. The normalized spacial score (nSPS) is 18.6. The van der Waals surface area contributed by atoms with Gasteiger partial charge in [0.25, 0.3) is 0 Å². The molecule has 3 aliphatic rings. The summed E-state index contributed by atoms with van der Waals surface area (Å²) in [7, 11) is 0. The van der Waals surface area contributed by atoms with Crippen molar-refractivity contribution >= 4 is 15.4 Å². The van der Waals surface area contributed by atoms with Gasteiger partial charge in [-0.25, -0.2) is 0 Å². The Morgan fingerprint density at radius 2 is 0.878 bits per heavy atom. The molecule has 1 fully saturated rings. The van der Waals surface area contributed by atoms with Crippen LogP contribution >= 0.6 is 0 Å². The molecule has 2 unspecified atom stereocenters. The van der Waals surface area contributed by atoms with E-state index in [9.17, 15) is 0 Å². The fraction of sp³-hybridized carbons (Fsp3) is 0.396. The van der Waals surface area contributed by atoms with Gasteiger partial charge in [0, 0.05) is 0 Å². The first kappa shape index (κ1) is 34.5. The van der Waals surface area contributed by atoms with Crippen molar-refractivity contribution < 1.29 is 18.0 Å². The molecule has 0 heterocycles. The molecule has 254 valence electrons. The van der Waals surface area contributed by atoms with E-state index in [0.717, 1.165) is 0 Å². The topological polar surface area (TPSA) is 0 Å². The summed E-state index contributed by atoms with van der Waals surface area (Å²) in [5.41, 5.74) is 17.5. The van der Waals surface area contributed by atoms with Gasteiger partial charge in [-0.05, 0) is 0 Å². The Kier molecular flexibility index (Phi) is 8.95. The standard InChI is InChI=1S/2C21H23.C4H6.2CH3.Hf/c2*1-14(2)17-11-18(15(3)4)13-19(12-17)21-10-6-8-16-7-5-9-20(16)21;1-2-4-3-1;;;/h2*5-15H,1-4H3;1-3H2;2*1H3;. The van der Waals surface area contributed by atoms with Crippen molar-refractivity contribution in [3.63, 3.8) is 0 Å². The zero-order valence-electron chi connectivity index (χ0n) is 31.8. The summed E-state index contributed by atoms with van der Waals surface area (Å²) in [6.45, 7) is 18.6. The SMILES string of the molecule is CC(C)c1cc(-c2cccc3c2C=C[CH]3[Hf]([CH3])([CH3])(=[C]2CCC2)[CH]2C=Cc3c(-c4cc(C(C)C)cc(C(C)C)c4)cccc32)cc(C(C)C)c1. The molecule has 1 heteroatoms. The van der Waals surface area contributed by atoms with E-state index < -0.39 is 18.0 Å². The fourth-order valence-electron chi connectivity index (χ4n) is 9.50. The van der Waals surface area contributed by atoms with Gasteiger partial charge in [0.15, 0.2) is 0 Å². The van der Waals surface area contributed by atoms with E-state index in [-0.39, 0.29) is 0 Å². The molecular formula is C48H58Hf. The van der Waals surface area contributed by atoms with Gasteiger partial charge >= 0.3 is 300 Å². The molecule has 4 aromatic rings. The minimum absolute atomic E-state index is 0.510. The molecule has 3 aliphatic carbocycles. The van der Waals surface area contributed by atoms with Crippen LogP contribution in [-0.4, -0.2) is 3.26 Å². The second kappa shape index (κ2) is 12.7. The van der Waals surface area contributed by atoms with Crippen molar-refractivity contribution in [2.45, 2.75) is 115 Å². The maximum atomic E-state index is 2.84. The second-order valence-electron chi connectivity index (χ2n) is 17.8. The van der Waals surface area contributed by atoms with E-state index in [1.54, 1.807) is 11.1 Å². The van der Waals surface area contributed by atoms with Gasteiger partial charge in [0.2, 0.25) is 0 Å². The van der Waals surface area contributed by atoms with Gasteiger partial charge in [-0.3, -0.25) is 0 Å². The average Bonchev–Trinajstić information content (AvgIpc) is 3.69. The molecule has 0 spiro atoms. The predicted octanol–water partition coefficient (Wildman–Crippen LogP) is 14.5. The van der Waals surface area contributed by atoms with Crippen LogP contribution in [0.15, 0.2) is 84.9 Å². The molecule has 49 heavy (non-hydrogen) atoms. The number of allylic oxidation sites excluding steroid dienone is 2. The Labute approximate surface area is 298 Å². The van der Waals surface area contributed by atoms with Crippen molar-refractivity contribution in [2.75, 3.05) is 0 Å². The summed E-state index contributed by atoms with van der Waals surface area (Å²) >= 11 is -3.94. The number of hydrogen-bond acceptors (Lipinski definition) is 0. The van der Waals surface area contributed by atoms with Crippen LogP contribution in [0.1, 0.15) is 150 Å². The van der Waals surface area contributed by atoms with Gasteiger partial charge in [0.1, 0.15) is 0 Å². The summed E-state index contributed by atoms with van der Waals surface area (Å²) in [5.74, 6) is 2.04. The monoisotopic (exact) mass is 814 g/mol. The molecule has 7 rings (SSSR count). The Hall–Kier alpha value is -2.90. The first-order chi connectivity index (χ1) is 23.3. The van der Waals surface area contributed by atoms with E-state index >= 15 is 0 Å². The van der Waals surface area contributed by atoms with Crippen LogP contribution in [0.3, 0.4) is 0 Å². The number of rotatable bonds is 8. The Morgan fingerprint density at radius 1 is 0.510 bits per heavy atom. The van der Waals surface area contributed by atoms with E-state index in [2.05, 4.69) is 162 Å². The third-order valence-electron chi connectivity index (χ3n) is 13.1. The van der Waals surface area contributed by atoms with Crippen molar-refractivity contribution in [1.29, 1.82) is 0 Å². The number of fused-ring (bicyclic) bond motifs is 2.